The number of methoxy groups -OCH3 is 1. The topological polar surface area (TPSA) is 44.8 Å². The van der Waals surface area contributed by atoms with Crippen molar-refractivity contribution in [2.45, 2.75) is 46.6 Å². The van der Waals surface area contributed by atoms with Crippen LogP contribution in [0.15, 0.2) is 24.3 Å². The fourth-order valence-electron chi connectivity index (χ4n) is 4.03. The molecule has 1 aliphatic heterocycles. The molecule has 0 bridgehead atoms. The van der Waals surface area contributed by atoms with E-state index in [2.05, 4.69) is 55.8 Å². The SMILES string of the molecule is COc1ccccc1N1CCN(CC(=O)NC(C)(C)CC(C)(C)C)CC1. The number of carbonyl (C=O) groups excluding carboxylic acids is 1. The van der Waals surface area contributed by atoms with Crippen LogP contribution >= 0.6 is 0 Å². The number of piperazine rings is 1. The first kappa shape index (κ1) is 20.6. The van der Waals surface area contributed by atoms with Gasteiger partial charge in [0, 0.05) is 31.7 Å². The zero-order chi connectivity index (χ0) is 19.4. The molecule has 0 aromatic heterocycles. The second-order valence-electron chi connectivity index (χ2n) is 9.10. The van der Waals surface area contributed by atoms with E-state index >= 15 is 0 Å². The van der Waals surface area contributed by atoms with Crippen molar-refractivity contribution < 1.29 is 9.53 Å². The summed E-state index contributed by atoms with van der Waals surface area (Å²) in [7, 11) is 1.71. The molecule has 0 radical (unpaired) electrons. The van der Waals surface area contributed by atoms with E-state index in [9.17, 15) is 4.79 Å². The number of benzene rings is 1. The van der Waals surface area contributed by atoms with Gasteiger partial charge in [-0.1, -0.05) is 32.9 Å². The van der Waals surface area contributed by atoms with Gasteiger partial charge >= 0.3 is 0 Å². The molecule has 1 fully saturated rings. The lowest BCUT2D eigenvalue weighted by Gasteiger charge is -2.37. The summed E-state index contributed by atoms with van der Waals surface area (Å²) in [5, 5.41) is 3.21. The van der Waals surface area contributed by atoms with E-state index in [-0.39, 0.29) is 16.9 Å². The third-order valence-electron chi connectivity index (χ3n) is 4.62. The quantitative estimate of drug-likeness (QED) is 0.845. The van der Waals surface area contributed by atoms with E-state index in [0.29, 0.717) is 6.54 Å². The largest absolute Gasteiger partial charge is 0.495 e. The average molecular weight is 362 g/mol. The van der Waals surface area contributed by atoms with Crippen molar-refractivity contribution in [3.63, 3.8) is 0 Å². The van der Waals surface area contributed by atoms with Gasteiger partial charge in [0.1, 0.15) is 5.75 Å². The average Bonchev–Trinajstić information content (AvgIpc) is 2.52. The summed E-state index contributed by atoms with van der Waals surface area (Å²) in [6.07, 6.45) is 0.952. The van der Waals surface area contributed by atoms with Gasteiger partial charge in [-0.05, 0) is 37.8 Å². The van der Waals surface area contributed by atoms with Crippen molar-refractivity contribution in [1.82, 2.24) is 10.2 Å². The molecule has 2 rings (SSSR count). The number of nitrogens with zero attached hydrogens (tertiary/aromatic N) is 2. The molecule has 5 nitrogen and oxygen atoms in total. The highest BCUT2D eigenvalue weighted by molar-refractivity contribution is 5.78. The maximum Gasteiger partial charge on any atom is 0.234 e. The molecular weight excluding hydrogens is 326 g/mol. The summed E-state index contributed by atoms with van der Waals surface area (Å²) >= 11 is 0. The molecule has 0 saturated carbocycles. The van der Waals surface area contributed by atoms with Crippen LogP contribution in [-0.4, -0.2) is 56.2 Å². The smallest absolute Gasteiger partial charge is 0.234 e. The lowest BCUT2D eigenvalue weighted by atomic mass is 9.82. The van der Waals surface area contributed by atoms with Crippen LogP contribution in [-0.2, 0) is 4.79 Å². The van der Waals surface area contributed by atoms with Crippen LogP contribution in [0.1, 0.15) is 41.0 Å². The number of para-hydroxylation sites is 2. The summed E-state index contributed by atoms with van der Waals surface area (Å²) in [5.41, 5.74) is 1.14. The molecule has 1 aromatic rings. The van der Waals surface area contributed by atoms with Gasteiger partial charge < -0.3 is 15.0 Å². The third-order valence-corrected chi connectivity index (χ3v) is 4.62. The summed E-state index contributed by atoms with van der Waals surface area (Å²) in [5.74, 6) is 1.02. The predicted molar refractivity (Wildman–Crippen MR) is 108 cm³/mol. The number of hydrogen-bond donors (Lipinski definition) is 1. The maximum atomic E-state index is 12.5. The Labute approximate surface area is 158 Å². The second-order valence-corrected chi connectivity index (χ2v) is 9.10. The first-order valence-corrected chi connectivity index (χ1v) is 9.51. The number of ether oxygens (including phenoxy) is 1. The van der Waals surface area contributed by atoms with Crippen molar-refractivity contribution in [2.24, 2.45) is 5.41 Å². The van der Waals surface area contributed by atoms with Gasteiger partial charge in [-0.2, -0.15) is 0 Å². The zero-order valence-electron chi connectivity index (χ0n) is 17.3. The fourth-order valence-corrected chi connectivity index (χ4v) is 4.03. The lowest BCUT2D eigenvalue weighted by Crippen LogP contribution is -2.53. The van der Waals surface area contributed by atoms with Crippen LogP contribution in [0.25, 0.3) is 0 Å². The number of hydrogen-bond acceptors (Lipinski definition) is 4. The highest BCUT2D eigenvalue weighted by Gasteiger charge is 2.28. The zero-order valence-corrected chi connectivity index (χ0v) is 17.3. The minimum absolute atomic E-state index is 0.116. The van der Waals surface area contributed by atoms with Gasteiger partial charge in [0.2, 0.25) is 5.91 Å². The lowest BCUT2D eigenvalue weighted by molar-refractivity contribution is -0.124. The number of nitrogens with one attached hydrogen (secondary N) is 1. The Kier molecular flexibility index (Phi) is 6.56. The van der Waals surface area contributed by atoms with E-state index in [1.807, 2.05) is 18.2 Å². The summed E-state index contributed by atoms with van der Waals surface area (Å²) in [4.78, 5) is 17.0. The van der Waals surface area contributed by atoms with Crippen LogP contribution in [0.5, 0.6) is 5.75 Å². The monoisotopic (exact) mass is 361 g/mol. The van der Waals surface area contributed by atoms with Gasteiger partial charge in [-0.15, -0.1) is 0 Å². The van der Waals surface area contributed by atoms with Gasteiger partial charge in [0.25, 0.3) is 0 Å². The van der Waals surface area contributed by atoms with Gasteiger partial charge in [-0.3, -0.25) is 9.69 Å². The number of amides is 1. The van der Waals surface area contributed by atoms with Gasteiger partial charge in [0.15, 0.2) is 0 Å². The second kappa shape index (κ2) is 8.30. The molecule has 0 aliphatic carbocycles. The predicted octanol–water partition coefficient (Wildman–Crippen LogP) is 3.15. The minimum Gasteiger partial charge on any atom is -0.495 e. The molecule has 1 N–H and O–H groups in total. The summed E-state index contributed by atoms with van der Waals surface area (Å²) in [6.45, 7) is 14.9. The van der Waals surface area contributed by atoms with Crippen molar-refractivity contribution in [3.05, 3.63) is 24.3 Å². The van der Waals surface area contributed by atoms with Crippen molar-refractivity contribution in [1.29, 1.82) is 0 Å². The molecule has 1 aromatic carbocycles. The molecule has 0 spiro atoms. The fraction of sp³-hybridized carbons (Fsp3) is 0.667. The van der Waals surface area contributed by atoms with E-state index in [1.54, 1.807) is 7.11 Å². The standard InChI is InChI=1S/C21H35N3O2/c1-20(2,3)16-21(4,5)22-19(25)15-23-11-13-24(14-12-23)17-9-7-8-10-18(17)26-6/h7-10H,11-16H2,1-6H3,(H,22,25). The van der Waals surface area contributed by atoms with Crippen LogP contribution in [0, 0.1) is 5.41 Å². The van der Waals surface area contributed by atoms with E-state index in [0.717, 1.165) is 44.0 Å². The van der Waals surface area contributed by atoms with Crippen molar-refractivity contribution >= 4 is 11.6 Å². The number of rotatable bonds is 6. The summed E-state index contributed by atoms with van der Waals surface area (Å²) < 4.78 is 5.47. The Morgan fingerprint density at radius 3 is 2.27 bits per heavy atom. The molecule has 0 unspecified atom stereocenters. The number of carbonyl (C=O) groups is 1. The van der Waals surface area contributed by atoms with E-state index < -0.39 is 0 Å². The Morgan fingerprint density at radius 2 is 1.69 bits per heavy atom. The first-order valence-electron chi connectivity index (χ1n) is 9.51. The molecule has 1 aliphatic rings. The Bertz CT molecular complexity index is 600. The summed E-state index contributed by atoms with van der Waals surface area (Å²) in [6, 6.07) is 8.11. The highest BCUT2D eigenvalue weighted by atomic mass is 16.5. The molecule has 26 heavy (non-hydrogen) atoms. The van der Waals surface area contributed by atoms with E-state index in [4.69, 9.17) is 4.74 Å². The van der Waals surface area contributed by atoms with Crippen LogP contribution in [0.3, 0.4) is 0 Å². The Balaban J connectivity index is 1.84. The van der Waals surface area contributed by atoms with Crippen molar-refractivity contribution in [3.8, 4) is 5.75 Å². The molecular formula is C21H35N3O2. The molecule has 0 atom stereocenters. The maximum absolute atomic E-state index is 12.5. The third kappa shape index (κ3) is 6.20. The van der Waals surface area contributed by atoms with E-state index in [1.165, 1.54) is 0 Å². The minimum atomic E-state index is -0.186. The number of anilines is 1. The first-order chi connectivity index (χ1) is 12.1. The Hall–Kier alpha value is -1.75. The Morgan fingerprint density at radius 1 is 1.08 bits per heavy atom. The normalized spacial score (nSPS) is 16.5. The molecule has 1 amide bonds. The van der Waals surface area contributed by atoms with Crippen LogP contribution < -0.4 is 15.0 Å². The molecule has 146 valence electrons. The molecule has 1 heterocycles. The van der Waals surface area contributed by atoms with Gasteiger partial charge in [-0.25, -0.2) is 0 Å². The van der Waals surface area contributed by atoms with Crippen LogP contribution in [0.2, 0.25) is 0 Å². The van der Waals surface area contributed by atoms with Gasteiger partial charge in [0.05, 0.1) is 19.3 Å². The van der Waals surface area contributed by atoms with Crippen LogP contribution in [0.4, 0.5) is 5.69 Å². The van der Waals surface area contributed by atoms with Crippen molar-refractivity contribution in [2.75, 3.05) is 44.7 Å². The molecule has 1 saturated heterocycles. The highest BCUT2D eigenvalue weighted by Crippen LogP contribution is 2.28. The molecule has 5 heteroatoms.